The lowest BCUT2D eigenvalue weighted by Gasteiger charge is -2.23. The first-order valence-corrected chi connectivity index (χ1v) is 11.0. The second-order valence-corrected chi connectivity index (χ2v) is 9.30. The van der Waals surface area contributed by atoms with Crippen LogP contribution in [0.2, 0.25) is 0 Å². The zero-order valence-corrected chi connectivity index (χ0v) is 19.1. The first kappa shape index (κ1) is 22.6. The van der Waals surface area contributed by atoms with Crippen LogP contribution in [0.1, 0.15) is 41.6 Å². The lowest BCUT2D eigenvalue weighted by atomic mass is 9.87. The average Bonchev–Trinajstić information content (AvgIpc) is 3.28. The monoisotopic (exact) mass is 436 g/mol. The molecular weight excluding hydrogens is 408 g/mol. The van der Waals surface area contributed by atoms with Crippen LogP contribution in [0.5, 0.6) is 5.75 Å². The quantitative estimate of drug-likeness (QED) is 0.546. The maximum Gasteiger partial charge on any atom is 0.262 e. The lowest BCUT2D eigenvalue weighted by molar-refractivity contribution is -0.118. The van der Waals surface area contributed by atoms with E-state index >= 15 is 0 Å². The van der Waals surface area contributed by atoms with Gasteiger partial charge in [-0.05, 0) is 40.1 Å². The minimum Gasteiger partial charge on any atom is -0.495 e. The van der Waals surface area contributed by atoms with E-state index in [9.17, 15) is 9.59 Å². The summed E-state index contributed by atoms with van der Waals surface area (Å²) in [4.78, 5) is 26.5. The van der Waals surface area contributed by atoms with Gasteiger partial charge in [-0.1, -0.05) is 63.2 Å². The first-order valence-electron chi connectivity index (χ1n) is 10.2. The molecule has 0 spiro atoms. The topological polar surface area (TPSA) is 67.4 Å². The first-order chi connectivity index (χ1) is 14.8. The third-order valence-electron chi connectivity index (χ3n) is 4.97. The standard InChI is InChI=1S/C25H28N2O3S/c1-25(2,3)18-12-13-21(30-4)19(16-18)26-23(28)20(15-17-9-6-5-7-10-17)27-24(29)22-11-8-14-31-22/h5-14,16,20H,15H2,1-4H3,(H,26,28)(H,27,29). The molecular formula is C25H28N2O3S. The maximum atomic E-state index is 13.3. The minimum absolute atomic E-state index is 0.0808. The third-order valence-corrected chi connectivity index (χ3v) is 5.84. The van der Waals surface area contributed by atoms with Crippen molar-refractivity contribution in [1.82, 2.24) is 5.32 Å². The van der Waals surface area contributed by atoms with Gasteiger partial charge < -0.3 is 15.4 Å². The molecule has 6 heteroatoms. The number of nitrogens with one attached hydrogen (secondary N) is 2. The van der Waals surface area contributed by atoms with Gasteiger partial charge in [-0.3, -0.25) is 9.59 Å². The van der Waals surface area contributed by atoms with Gasteiger partial charge in [-0.2, -0.15) is 0 Å². The van der Waals surface area contributed by atoms with Crippen molar-refractivity contribution < 1.29 is 14.3 Å². The molecule has 1 aromatic heterocycles. The second kappa shape index (κ2) is 9.79. The van der Waals surface area contributed by atoms with Crippen LogP contribution in [0.3, 0.4) is 0 Å². The van der Waals surface area contributed by atoms with Crippen LogP contribution in [-0.2, 0) is 16.6 Å². The number of ether oxygens (including phenoxy) is 1. The van der Waals surface area contributed by atoms with E-state index < -0.39 is 6.04 Å². The molecule has 0 saturated heterocycles. The van der Waals surface area contributed by atoms with Crippen molar-refractivity contribution in [3.63, 3.8) is 0 Å². The zero-order valence-electron chi connectivity index (χ0n) is 18.3. The van der Waals surface area contributed by atoms with E-state index in [1.807, 2.05) is 60.0 Å². The number of hydrogen-bond donors (Lipinski definition) is 2. The Morgan fingerprint density at radius 2 is 1.77 bits per heavy atom. The Kier molecular flexibility index (Phi) is 7.13. The summed E-state index contributed by atoms with van der Waals surface area (Å²) in [6.07, 6.45) is 0.380. The van der Waals surface area contributed by atoms with Crippen molar-refractivity contribution in [2.75, 3.05) is 12.4 Å². The number of benzene rings is 2. The Morgan fingerprint density at radius 3 is 2.39 bits per heavy atom. The Hall–Kier alpha value is -3.12. The number of methoxy groups -OCH3 is 1. The third kappa shape index (κ3) is 5.95. The summed E-state index contributed by atoms with van der Waals surface area (Å²) in [6, 6.07) is 18.2. The van der Waals surface area contributed by atoms with Crippen LogP contribution in [-0.4, -0.2) is 25.0 Å². The minimum atomic E-state index is -0.736. The fourth-order valence-corrected chi connectivity index (χ4v) is 3.82. The van der Waals surface area contributed by atoms with Gasteiger partial charge in [0.2, 0.25) is 5.91 Å². The normalized spacial score (nSPS) is 12.1. The SMILES string of the molecule is COc1ccc(C(C)(C)C)cc1NC(=O)C(Cc1ccccc1)NC(=O)c1cccs1. The van der Waals surface area contributed by atoms with E-state index in [4.69, 9.17) is 4.74 Å². The molecule has 1 heterocycles. The lowest BCUT2D eigenvalue weighted by Crippen LogP contribution is -2.45. The molecule has 0 aliphatic heterocycles. The summed E-state index contributed by atoms with van der Waals surface area (Å²) in [6.45, 7) is 6.33. The fraction of sp³-hybridized carbons (Fsp3) is 0.280. The predicted octanol–water partition coefficient (Wildman–Crippen LogP) is 5.03. The van der Waals surface area contributed by atoms with Crippen molar-refractivity contribution in [2.24, 2.45) is 0 Å². The van der Waals surface area contributed by atoms with Crippen LogP contribution in [0.15, 0.2) is 66.0 Å². The summed E-state index contributed by atoms with van der Waals surface area (Å²) in [5.74, 6) is 0.0176. The molecule has 0 aliphatic carbocycles. The Bertz CT molecular complexity index is 1020. The number of rotatable bonds is 7. The van der Waals surface area contributed by atoms with E-state index in [-0.39, 0.29) is 17.2 Å². The van der Waals surface area contributed by atoms with Gasteiger partial charge in [0.15, 0.2) is 0 Å². The number of anilines is 1. The van der Waals surface area contributed by atoms with Gasteiger partial charge in [0.1, 0.15) is 11.8 Å². The van der Waals surface area contributed by atoms with Crippen LogP contribution < -0.4 is 15.4 Å². The molecule has 0 saturated carbocycles. The van der Waals surface area contributed by atoms with Crippen molar-refractivity contribution in [3.05, 3.63) is 82.0 Å². The predicted molar refractivity (Wildman–Crippen MR) is 126 cm³/mol. The van der Waals surface area contributed by atoms with Gasteiger partial charge >= 0.3 is 0 Å². The number of hydrogen-bond acceptors (Lipinski definition) is 4. The van der Waals surface area contributed by atoms with E-state index in [0.29, 0.717) is 22.7 Å². The van der Waals surface area contributed by atoms with Crippen LogP contribution in [0.25, 0.3) is 0 Å². The fourth-order valence-electron chi connectivity index (χ4n) is 3.19. The summed E-state index contributed by atoms with van der Waals surface area (Å²) in [5.41, 5.74) is 2.54. The maximum absolute atomic E-state index is 13.3. The molecule has 3 rings (SSSR count). The Morgan fingerprint density at radius 1 is 1.03 bits per heavy atom. The molecule has 1 atom stereocenters. The van der Waals surface area contributed by atoms with E-state index in [1.54, 1.807) is 13.2 Å². The van der Waals surface area contributed by atoms with Gasteiger partial charge in [0, 0.05) is 6.42 Å². The van der Waals surface area contributed by atoms with Crippen LogP contribution in [0.4, 0.5) is 5.69 Å². The molecule has 1 unspecified atom stereocenters. The molecule has 2 aromatic carbocycles. The summed E-state index contributed by atoms with van der Waals surface area (Å²) in [5, 5.41) is 7.70. The zero-order chi connectivity index (χ0) is 22.4. The highest BCUT2D eigenvalue weighted by Crippen LogP contribution is 2.31. The number of carbonyl (C=O) groups excluding carboxylic acids is 2. The molecule has 31 heavy (non-hydrogen) atoms. The summed E-state index contributed by atoms with van der Waals surface area (Å²) >= 11 is 1.34. The van der Waals surface area contributed by atoms with Gasteiger partial charge in [-0.25, -0.2) is 0 Å². The highest BCUT2D eigenvalue weighted by atomic mass is 32.1. The Balaban J connectivity index is 1.86. The molecule has 3 aromatic rings. The number of amides is 2. The van der Waals surface area contributed by atoms with Crippen molar-refractivity contribution in [3.8, 4) is 5.75 Å². The van der Waals surface area contributed by atoms with Crippen LogP contribution in [0, 0.1) is 0 Å². The summed E-state index contributed by atoms with van der Waals surface area (Å²) < 4.78 is 5.45. The molecule has 0 radical (unpaired) electrons. The Labute approximate surface area is 187 Å². The van der Waals surface area contributed by atoms with Crippen LogP contribution >= 0.6 is 11.3 Å². The van der Waals surface area contributed by atoms with E-state index in [0.717, 1.165) is 11.1 Å². The van der Waals surface area contributed by atoms with Crippen molar-refractivity contribution >= 4 is 28.8 Å². The largest absolute Gasteiger partial charge is 0.495 e. The number of carbonyl (C=O) groups is 2. The molecule has 0 bridgehead atoms. The molecule has 5 nitrogen and oxygen atoms in total. The van der Waals surface area contributed by atoms with Gasteiger partial charge in [0.05, 0.1) is 17.7 Å². The summed E-state index contributed by atoms with van der Waals surface area (Å²) in [7, 11) is 1.57. The van der Waals surface area contributed by atoms with Gasteiger partial charge in [-0.15, -0.1) is 11.3 Å². The highest BCUT2D eigenvalue weighted by Gasteiger charge is 2.24. The molecule has 162 valence electrons. The van der Waals surface area contributed by atoms with Crippen molar-refractivity contribution in [2.45, 2.75) is 38.6 Å². The van der Waals surface area contributed by atoms with E-state index in [1.165, 1.54) is 11.3 Å². The van der Waals surface area contributed by atoms with Gasteiger partial charge in [0.25, 0.3) is 5.91 Å². The van der Waals surface area contributed by atoms with Crippen molar-refractivity contribution in [1.29, 1.82) is 0 Å². The second-order valence-electron chi connectivity index (χ2n) is 8.35. The molecule has 0 fully saturated rings. The van der Waals surface area contributed by atoms with E-state index in [2.05, 4.69) is 31.4 Å². The smallest absolute Gasteiger partial charge is 0.262 e. The highest BCUT2D eigenvalue weighted by molar-refractivity contribution is 7.12. The molecule has 0 aliphatic rings. The number of thiophene rings is 1. The molecule has 2 N–H and O–H groups in total. The molecule has 2 amide bonds. The average molecular weight is 437 g/mol.